The second-order valence-electron chi connectivity index (χ2n) is 4.18. The van der Waals surface area contributed by atoms with Gasteiger partial charge in [0.25, 0.3) is 10.0 Å². The first-order valence-corrected chi connectivity index (χ1v) is 8.30. The number of nitrogens with one attached hydrogen (secondary N) is 1. The first-order chi connectivity index (χ1) is 9.33. The smallest absolute Gasteiger partial charge is 0.265 e. The van der Waals surface area contributed by atoms with Crippen LogP contribution in [0.25, 0.3) is 0 Å². The van der Waals surface area contributed by atoms with Gasteiger partial charge >= 0.3 is 0 Å². The second-order valence-corrected chi connectivity index (χ2v) is 7.06. The summed E-state index contributed by atoms with van der Waals surface area (Å²) in [5.74, 6) is 0. The van der Waals surface area contributed by atoms with E-state index >= 15 is 0 Å². The Morgan fingerprint density at radius 2 is 1.85 bits per heavy atom. The molecule has 0 fully saturated rings. The molecule has 0 aliphatic heterocycles. The van der Waals surface area contributed by atoms with Gasteiger partial charge in [-0.2, -0.15) is 0 Å². The minimum absolute atomic E-state index is 0.0881. The van der Waals surface area contributed by atoms with E-state index in [0.29, 0.717) is 5.69 Å². The topological polar surface area (TPSA) is 72.2 Å². The molecule has 3 N–H and O–H groups in total. The van der Waals surface area contributed by atoms with Crippen LogP contribution in [0, 0.1) is 6.92 Å². The summed E-state index contributed by atoms with van der Waals surface area (Å²) in [4.78, 5) is -0.110. The first kappa shape index (κ1) is 15.2. The lowest BCUT2D eigenvalue weighted by Crippen LogP contribution is -2.16. The van der Waals surface area contributed by atoms with Crippen LogP contribution in [0.1, 0.15) is 5.56 Å². The third kappa shape index (κ3) is 2.92. The fourth-order valence-electron chi connectivity index (χ4n) is 1.72. The SMILES string of the molecule is Cc1c(Br)cccc1NS(=O)(=O)c1c(N)cccc1Cl. The molecule has 4 nitrogen and oxygen atoms in total. The van der Waals surface area contributed by atoms with Crippen LogP contribution >= 0.6 is 27.5 Å². The van der Waals surface area contributed by atoms with Crippen LogP contribution in [0.4, 0.5) is 11.4 Å². The van der Waals surface area contributed by atoms with Crippen molar-refractivity contribution in [1.82, 2.24) is 0 Å². The fourth-order valence-corrected chi connectivity index (χ4v) is 3.89. The van der Waals surface area contributed by atoms with Gasteiger partial charge in [0.2, 0.25) is 0 Å². The van der Waals surface area contributed by atoms with Crippen LogP contribution in [0.5, 0.6) is 0 Å². The zero-order valence-electron chi connectivity index (χ0n) is 10.5. The summed E-state index contributed by atoms with van der Waals surface area (Å²) < 4.78 is 28.1. The van der Waals surface area contributed by atoms with Gasteiger partial charge in [0.05, 0.1) is 16.4 Å². The molecule has 0 saturated carbocycles. The second kappa shape index (κ2) is 5.63. The lowest BCUT2D eigenvalue weighted by Gasteiger charge is -2.13. The number of nitrogen functional groups attached to an aromatic ring is 1. The van der Waals surface area contributed by atoms with Crippen molar-refractivity contribution in [3.05, 3.63) is 51.5 Å². The van der Waals surface area contributed by atoms with E-state index < -0.39 is 10.0 Å². The van der Waals surface area contributed by atoms with Gasteiger partial charge in [-0.1, -0.05) is 39.7 Å². The molecule has 0 aliphatic rings. The Labute approximate surface area is 131 Å². The molecule has 0 aliphatic carbocycles. The van der Waals surface area contributed by atoms with E-state index in [0.717, 1.165) is 10.0 Å². The van der Waals surface area contributed by atoms with Crippen molar-refractivity contribution >= 4 is 48.9 Å². The minimum atomic E-state index is -3.84. The van der Waals surface area contributed by atoms with Crippen LogP contribution in [-0.2, 0) is 10.0 Å². The predicted molar refractivity (Wildman–Crippen MR) is 85.6 cm³/mol. The molecule has 2 aromatic carbocycles. The molecule has 20 heavy (non-hydrogen) atoms. The number of nitrogens with two attached hydrogens (primary N) is 1. The van der Waals surface area contributed by atoms with E-state index in [4.69, 9.17) is 17.3 Å². The van der Waals surface area contributed by atoms with Gasteiger partial charge in [-0.05, 0) is 36.8 Å². The zero-order valence-corrected chi connectivity index (χ0v) is 13.7. The highest BCUT2D eigenvalue weighted by atomic mass is 79.9. The highest BCUT2D eigenvalue weighted by Crippen LogP contribution is 2.31. The van der Waals surface area contributed by atoms with Gasteiger partial charge < -0.3 is 5.73 Å². The predicted octanol–water partition coefficient (Wildman–Crippen LogP) is 3.79. The number of rotatable bonds is 3. The van der Waals surface area contributed by atoms with Crippen molar-refractivity contribution < 1.29 is 8.42 Å². The highest BCUT2D eigenvalue weighted by molar-refractivity contribution is 9.10. The maximum Gasteiger partial charge on any atom is 0.265 e. The van der Waals surface area contributed by atoms with Gasteiger partial charge in [0.1, 0.15) is 4.90 Å². The summed E-state index contributed by atoms with van der Waals surface area (Å²) in [5, 5.41) is 0.0881. The van der Waals surface area contributed by atoms with Crippen LogP contribution in [0.3, 0.4) is 0 Å². The van der Waals surface area contributed by atoms with E-state index in [-0.39, 0.29) is 15.6 Å². The lowest BCUT2D eigenvalue weighted by molar-refractivity contribution is 0.601. The Hall–Kier alpha value is -1.24. The molecule has 0 saturated heterocycles. The zero-order chi connectivity index (χ0) is 14.9. The van der Waals surface area contributed by atoms with E-state index in [1.807, 2.05) is 6.07 Å². The normalized spacial score (nSPS) is 11.3. The van der Waals surface area contributed by atoms with Crippen LogP contribution in [0.2, 0.25) is 5.02 Å². The van der Waals surface area contributed by atoms with Gasteiger partial charge in [-0.3, -0.25) is 4.72 Å². The number of anilines is 2. The van der Waals surface area contributed by atoms with Gasteiger partial charge in [-0.15, -0.1) is 0 Å². The fraction of sp³-hybridized carbons (Fsp3) is 0.0769. The average Bonchev–Trinajstić information content (AvgIpc) is 2.34. The molecule has 0 radical (unpaired) electrons. The van der Waals surface area contributed by atoms with Gasteiger partial charge in [0, 0.05) is 4.47 Å². The van der Waals surface area contributed by atoms with Crippen molar-refractivity contribution in [2.75, 3.05) is 10.5 Å². The van der Waals surface area contributed by atoms with E-state index in [1.54, 1.807) is 25.1 Å². The maximum atomic E-state index is 12.4. The molecule has 0 amide bonds. The Bertz CT molecular complexity index is 743. The Balaban J connectivity index is 2.50. The van der Waals surface area contributed by atoms with E-state index in [2.05, 4.69) is 20.7 Å². The van der Waals surface area contributed by atoms with E-state index in [9.17, 15) is 8.42 Å². The molecule has 7 heteroatoms. The molecule has 2 rings (SSSR count). The highest BCUT2D eigenvalue weighted by Gasteiger charge is 2.22. The van der Waals surface area contributed by atoms with Crippen molar-refractivity contribution in [3.8, 4) is 0 Å². The summed E-state index contributed by atoms with van der Waals surface area (Å²) in [5.41, 5.74) is 7.08. The number of benzene rings is 2. The van der Waals surface area contributed by atoms with Gasteiger partial charge in [0.15, 0.2) is 0 Å². The Morgan fingerprint density at radius 1 is 1.20 bits per heavy atom. The molecule has 0 aromatic heterocycles. The summed E-state index contributed by atoms with van der Waals surface area (Å²) in [6.07, 6.45) is 0. The first-order valence-electron chi connectivity index (χ1n) is 5.65. The third-order valence-corrected chi connectivity index (χ3v) is 5.55. The van der Waals surface area contributed by atoms with Gasteiger partial charge in [-0.25, -0.2) is 8.42 Å². The summed E-state index contributed by atoms with van der Waals surface area (Å²) in [6.45, 7) is 1.80. The molecule has 0 unspecified atom stereocenters. The molecule has 0 spiro atoms. The number of hydrogen-bond donors (Lipinski definition) is 2. The molecule has 0 heterocycles. The average molecular weight is 376 g/mol. The molecule has 0 atom stereocenters. The quantitative estimate of drug-likeness (QED) is 0.802. The van der Waals surface area contributed by atoms with Crippen LogP contribution in [-0.4, -0.2) is 8.42 Å². The largest absolute Gasteiger partial charge is 0.398 e. The molecule has 2 aromatic rings. The van der Waals surface area contributed by atoms with Crippen molar-refractivity contribution in [3.63, 3.8) is 0 Å². The molecule has 0 bridgehead atoms. The minimum Gasteiger partial charge on any atom is -0.398 e. The Kier molecular flexibility index (Phi) is 4.27. The van der Waals surface area contributed by atoms with Crippen LogP contribution < -0.4 is 10.5 Å². The standard InChI is InChI=1S/C13H12BrClN2O2S/c1-8-9(14)4-2-7-12(8)17-20(18,19)13-10(15)5-3-6-11(13)16/h2-7,17H,16H2,1H3. The number of halogens is 2. The maximum absolute atomic E-state index is 12.4. The monoisotopic (exact) mass is 374 g/mol. The Morgan fingerprint density at radius 3 is 2.50 bits per heavy atom. The van der Waals surface area contributed by atoms with Crippen molar-refractivity contribution in [2.24, 2.45) is 0 Å². The third-order valence-electron chi connectivity index (χ3n) is 2.78. The molecular weight excluding hydrogens is 364 g/mol. The summed E-state index contributed by atoms with van der Waals surface area (Å²) in [6, 6.07) is 9.82. The van der Waals surface area contributed by atoms with Crippen molar-refractivity contribution in [2.45, 2.75) is 11.8 Å². The molecule has 106 valence electrons. The van der Waals surface area contributed by atoms with E-state index in [1.165, 1.54) is 12.1 Å². The van der Waals surface area contributed by atoms with Crippen LogP contribution in [0.15, 0.2) is 45.8 Å². The lowest BCUT2D eigenvalue weighted by atomic mass is 10.2. The van der Waals surface area contributed by atoms with Crippen molar-refractivity contribution in [1.29, 1.82) is 0 Å². The summed E-state index contributed by atoms with van der Waals surface area (Å²) >= 11 is 9.30. The summed E-state index contributed by atoms with van der Waals surface area (Å²) in [7, 11) is -3.84. The number of hydrogen-bond acceptors (Lipinski definition) is 3. The molecular formula is C13H12BrClN2O2S. The number of sulfonamides is 1.